The second kappa shape index (κ2) is 6.70. The Bertz CT molecular complexity index is 285. The van der Waals surface area contributed by atoms with Gasteiger partial charge in [-0.05, 0) is 42.3 Å². The minimum atomic E-state index is 0.634. The quantitative estimate of drug-likeness (QED) is 0.775. The maximum absolute atomic E-state index is 5.73. The second-order valence-corrected chi connectivity index (χ2v) is 4.76. The largest absolute Gasteiger partial charge is 0.330 e. The van der Waals surface area contributed by atoms with E-state index in [1.807, 2.05) is 0 Å². The topological polar surface area (TPSA) is 26.0 Å². The molecule has 2 atom stereocenters. The van der Waals surface area contributed by atoms with Crippen molar-refractivity contribution >= 4 is 0 Å². The maximum Gasteiger partial charge on any atom is -0.00458 e. The fraction of sp³-hybridized carbons (Fsp3) is 0.600. The Balaban J connectivity index is 2.64. The lowest BCUT2D eigenvalue weighted by molar-refractivity contribution is 0.518. The molecule has 0 spiro atoms. The van der Waals surface area contributed by atoms with Crippen molar-refractivity contribution in [1.29, 1.82) is 0 Å². The normalized spacial score (nSPS) is 14.8. The molecule has 1 aromatic rings. The third kappa shape index (κ3) is 3.64. The minimum absolute atomic E-state index is 0.634. The fourth-order valence-corrected chi connectivity index (χ4v) is 1.95. The van der Waals surface area contributed by atoms with Gasteiger partial charge >= 0.3 is 0 Å². The van der Waals surface area contributed by atoms with Crippen molar-refractivity contribution in [2.24, 2.45) is 11.7 Å². The van der Waals surface area contributed by atoms with E-state index in [2.05, 4.69) is 45.0 Å². The van der Waals surface area contributed by atoms with E-state index in [0.29, 0.717) is 11.8 Å². The summed E-state index contributed by atoms with van der Waals surface area (Å²) in [7, 11) is 0. The Hall–Kier alpha value is -0.820. The molecule has 2 N–H and O–H groups in total. The maximum atomic E-state index is 5.73. The van der Waals surface area contributed by atoms with Crippen molar-refractivity contribution in [3.63, 3.8) is 0 Å². The minimum Gasteiger partial charge on any atom is -0.330 e. The molecule has 0 bridgehead atoms. The summed E-state index contributed by atoms with van der Waals surface area (Å²) in [4.78, 5) is 0. The number of rotatable bonds is 6. The number of hydrogen-bond donors (Lipinski definition) is 1. The molecule has 0 aliphatic rings. The Morgan fingerprint density at radius 1 is 1.06 bits per heavy atom. The molecule has 0 heterocycles. The zero-order valence-electron chi connectivity index (χ0n) is 10.9. The fourth-order valence-electron chi connectivity index (χ4n) is 1.95. The van der Waals surface area contributed by atoms with Crippen LogP contribution < -0.4 is 5.73 Å². The van der Waals surface area contributed by atoms with Crippen LogP contribution in [0.1, 0.15) is 50.7 Å². The third-order valence-corrected chi connectivity index (χ3v) is 3.60. The van der Waals surface area contributed by atoms with Gasteiger partial charge in [-0.15, -0.1) is 0 Å². The van der Waals surface area contributed by atoms with Crippen molar-refractivity contribution < 1.29 is 0 Å². The molecule has 0 radical (unpaired) electrons. The van der Waals surface area contributed by atoms with Gasteiger partial charge in [0.25, 0.3) is 0 Å². The number of benzene rings is 1. The Morgan fingerprint density at radius 2 is 1.69 bits per heavy atom. The molecular formula is C15H25N. The Kier molecular flexibility index (Phi) is 5.54. The van der Waals surface area contributed by atoms with Crippen molar-refractivity contribution in [1.82, 2.24) is 0 Å². The first-order valence-electron chi connectivity index (χ1n) is 6.50. The number of hydrogen-bond acceptors (Lipinski definition) is 1. The zero-order valence-corrected chi connectivity index (χ0v) is 10.9. The molecule has 1 nitrogen and oxygen atoms in total. The molecule has 0 amide bonds. The smallest absolute Gasteiger partial charge is 0.00458 e. The molecule has 0 fully saturated rings. The van der Waals surface area contributed by atoms with Gasteiger partial charge < -0.3 is 5.73 Å². The van der Waals surface area contributed by atoms with Gasteiger partial charge in [0.05, 0.1) is 0 Å². The summed E-state index contributed by atoms with van der Waals surface area (Å²) < 4.78 is 0. The van der Waals surface area contributed by atoms with Gasteiger partial charge in [0.2, 0.25) is 0 Å². The lowest BCUT2D eigenvalue weighted by atomic mass is 9.93. The Morgan fingerprint density at radius 3 is 2.12 bits per heavy atom. The molecule has 0 saturated heterocycles. The molecule has 1 rings (SSSR count). The highest BCUT2D eigenvalue weighted by molar-refractivity contribution is 5.25. The first kappa shape index (κ1) is 13.2. The van der Waals surface area contributed by atoms with Gasteiger partial charge in [0.15, 0.2) is 0 Å². The van der Waals surface area contributed by atoms with Crippen LogP contribution in [-0.4, -0.2) is 6.54 Å². The molecule has 1 heteroatoms. The highest BCUT2D eigenvalue weighted by Gasteiger charge is 2.06. The van der Waals surface area contributed by atoms with Crippen LogP contribution in [-0.2, 0) is 6.42 Å². The van der Waals surface area contributed by atoms with Crippen LogP contribution in [0.15, 0.2) is 24.3 Å². The molecule has 0 aliphatic heterocycles. The van der Waals surface area contributed by atoms with Gasteiger partial charge in [-0.25, -0.2) is 0 Å². The summed E-state index contributed by atoms with van der Waals surface area (Å²) in [6, 6.07) is 9.07. The number of nitrogens with two attached hydrogens (primary N) is 1. The van der Waals surface area contributed by atoms with Crippen molar-refractivity contribution in [2.75, 3.05) is 6.54 Å². The summed E-state index contributed by atoms with van der Waals surface area (Å²) >= 11 is 0. The van der Waals surface area contributed by atoms with Gasteiger partial charge in [0, 0.05) is 0 Å². The highest BCUT2D eigenvalue weighted by atomic mass is 14.5. The van der Waals surface area contributed by atoms with E-state index in [1.165, 1.54) is 24.0 Å². The Labute approximate surface area is 100 Å². The van der Waals surface area contributed by atoms with Crippen molar-refractivity contribution in [3.8, 4) is 0 Å². The van der Waals surface area contributed by atoms with Crippen LogP contribution in [0.4, 0.5) is 0 Å². The van der Waals surface area contributed by atoms with Crippen LogP contribution in [0, 0.1) is 5.92 Å². The predicted molar refractivity (Wildman–Crippen MR) is 71.7 cm³/mol. The van der Waals surface area contributed by atoms with Crippen molar-refractivity contribution in [3.05, 3.63) is 35.4 Å². The van der Waals surface area contributed by atoms with Gasteiger partial charge in [-0.3, -0.25) is 0 Å². The van der Waals surface area contributed by atoms with E-state index in [4.69, 9.17) is 5.73 Å². The van der Waals surface area contributed by atoms with Crippen LogP contribution >= 0.6 is 0 Å². The van der Waals surface area contributed by atoms with Crippen LogP contribution in [0.5, 0.6) is 0 Å². The summed E-state index contributed by atoms with van der Waals surface area (Å²) in [5.41, 5.74) is 8.60. The molecular weight excluding hydrogens is 194 g/mol. The summed E-state index contributed by atoms with van der Waals surface area (Å²) in [5, 5.41) is 0. The summed E-state index contributed by atoms with van der Waals surface area (Å²) in [6.45, 7) is 7.53. The first-order chi connectivity index (χ1) is 7.71. The summed E-state index contributed by atoms with van der Waals surface area (Å²) in [6.07, 6.45) is 3.50. The van der Waals surface area contributed by atoms with E-state index >= 15 is 0 Å². The third-order valence-electron chi connectivity index (χ3n) is 3.60. The molecule has 90 valence electrons. The van der Waals surface area contributed by atoms with Gasteiger partial charge in [-0.2, -0.15) is 0 Å². The molecule has 0 aliphatic carbocycles. The molecule has 0 saturated carbocycles. The SMILES string of the molecule is CCC(CN)Cc1ccc(C(C)CC)cc1. The van der Waals surface area contributed by atoms with Crippen molar-refractivity contribution in [2.45, 2.75) is 46.0 Å². The van der Waals surface area contributed by atoms with Crippen LogP contribution in [0.2, 0.25) is 0 Å². The molecule has 1 aromatic carbocycles. The second-order valence-electron chi connectivity index (χ2n) is 4.76. The lowest BCUT2D eigenvalue weighted by Crippen LogP contribution is -2.15. The summed E-state index contributed by atoms with van der Waals surface area (Å²) in [5.74, 6) is 1.31. The predicted octanol–water partition coefficient (Wildman–Crippen LogP) is 3.73. The van der Waals surface area contributed by atoms with Gasteiger partial charge in [-0.1, -0.05) is 51.5 Å². The molecule has 2 unspecified atom stereocenters. The van der Waals surface area contributed by atoms with Gasteiger partial charge in [0.1, 0.15) is 0 Å². The van der Waals surface area contributed by atoms with E-state index in [-0.39, 0.29) is 0 Å². The van der Waals surface area contributed by atoms with E-state index in [0.717, 1.165) is 13.0 Å². The molecule has 0 aromatic heterocycles. The standard InChI is InChI=1S/C15H25N/c1-4-12(3)15-8-6-14(7-9-15)10-13(5-2)11-16/h6-9,12-13H,4-5,10-11,16H2,1-3H3. The van der Waals surface area contributed by atoms with Crippen LogP contribution in [0.3, 0.4) is 0 Å². The molecule has 16 heavy (non-hydrogen) atoms. The average molecular weight is 219 g/mol. The van der Waals surface area contributed by atoms with E-state index < -0.39 is 0 Å². The van der Waals surface area contributed by atoms with E-state index in [1.54, 1.807) is 0 Å². The first-order valence-corrected chi connectivity index (χ1v) is 6.50. The lowest BCUT2D eigenvalue weighted by Gasteiger charge is -2.13. The average Bonchev–Trinajstić information content (AvgIpc) is 2.35. The highest BCUT2D eigenvalue weighted by Crippen LogP contribution is 2.20. The monoisotopic (exact) mass is 219 g/mol. The van der Waals surface area contributed by atoms with Crippen LogP contribution in [0.25, 0.3) is 0 Å². The zero-order chi connectivity index (χ0) is 12.0. The van der Waals surface area contributed by atoms with E-state index in [9.17, 15) is 0 Å².